The maximum absolute atomic E-state index is 13.6. The summed E-state index contributed by atoms with van der Waals surface area (Å²) in [5, 5.41) is 3.04. The monoisotopic (exact) mass is 247 g/mol. The minimum Gasteiger partial charge on any atom is -0.376 e. The Morgan fingerprint density at radius 1 is 1.00 bits per heavy atom. The van der Waals surface area contributed by atoms with Crippen LogP contribution in [0, 0.1) is 11.6 Å². The molecular formula is C15H15F2N. The van der Waals surface area contributed by atoms with E-state index in [4.69, 9.17) is 0 Å². The van der Waals surface area contributed by atoms with Crippen LogP contribution in [0.15, 0.2) is 48.5 Å². The van der Waals surface area contributed by atoms with E-state index in [0.717, 1.165) is 18.1 Å². The Bertz CT molecular complexity index is 511. The summed E-state index contributed by atoms with van der Waals surface area (Å²) in [5.41, 5.74) is 1.26. The maximum atomic E-state index is 13.6. The van der Waals surface area contributed by atoms with Gasteiger partial charge in [0.1, 0.15) is 0 Å². The molecule has 1 nitrogen and oxygen atoms in total. The predicted octanol–water partition coefficient (Wildman–Crippen LogP) is 4.53. The van der Waals surface area contributed by atoms with E-state index in [9.17, 15) is 8.78 Å². The zero-order chi connectivity index (χ0) is 13.0. The van der Waals surface area contributed by atoms with Crippen molar-refractivity contribution in [2.75, 3.05) is 5.32 Å². The fraction of sp³-hybridized carbons (Fsp3) is 0.200. The molecule has 0 fully saturated rings. The molecule has 0 heterocycles. The SMILES string of the molecule is CCC(Nc1cccc(F)c1F)c1ccccc1. The highest BCUT2D eigenvalue weighted by Gasteiger charge is 2.13. The Morgan fingerprint density at radius 3 is 2.39 bits per heavy atom. The van der Waals surface area contributed by atoms with E-state index in [2.05, 4.69) is 5.32 Å². The molecule has 0 aliphatic carbocycles. The number of benzene rings is 2. The lowest BCUT2D eigenvalue weighted by Gasteiger charge is -2.19. The summed E-state index contributed by atoms with van der Waals surface area (Å²) in [7, 11) is 0. The van der Waals surface area contributed by atoms with E-state index in [0.29, 0.717) is 0 Å². The van der Waals surface area contributed by atoms with Crippen molar-refractivity contribution in [2.24, 2.45) is 0 Å². The molecule has 0 aliphatic heterocycles. The van der Waals surface area contributed by atoms with Gasteiger partial charge < -0.3 is 5.32 Å². The van der Waals surface area contributed by atoms with Crippen LogP contribution >= 0.6 is 0 Å². The molecule has 0 saturated carbocycles. The van der Waals surface area contributed by atoms with Gasteiger partial charge in [-0.05, 0) is 24.1 Å². The molecule has 0 spiro atoms. The second-order valence-corrected chi connectivity index (χ2v) is 4.12. The average Bonchev–Trinajstić information content (AvgIpc) is 2.41. The first-order valence-electron chi connectivity index (χ1n) is 5.98. The van der Waals surface area contributed by atoms with Gasteiger partial charge in [-0.15, -0.1) is 0 Å². The van der Waals surface area contributed by atoms with Crippen molar-refractivity contribution in [2.45, 2.75) is 19.4 Å². The van der Waals surface area contributed by atoms with Crippen LogP contribution in [0.3, 0.4) is 0 Å². The van der Waals surface area contributed by atoms with Gasteiger partial charge in [-0.1, -0.05) is 43.3 Å². The number of hydrogen-bond acceptors (Lipinski definition) is 1. The van der Waals surface area contributed by atoms with Gasteiger partial charge in [0.25, 0.3) is 0 Å². The largest absolute Gasteiger partial charge is 0.376 e. The highest BCUT2D eigenvalue weighted by atomic mass is 19.2. The van der Waals surface area contributed by atoms with Crippen molar-refractivity contribution in [3.8, 4) is 0 Å². The number of anilines is 1. The molecule has 1 N–H and O–H groups in total. The van der Waals surface area contributed by atoms with Crippen LogP contribution in [0.25, 0.3) is 0 Å². The molecule has 2 aromatic rings. The Kier molecular flexibility index (Phi) is 3.92. The third-order valence-electron chi connectivity index (χ3n) is 2.89. The Labute approximate surface area is 105 Å². The third kappa shape index (κ3) is 2.67. The van der Waals surface area contributed by atoms with Crippen LogP contribution in [0.5, 0.6) is 0 Å². The van der Waals surface area contributed by atoms with Gasteiger partial charge in [0, 0.05) is 0 Å². The molecule has 0 aromatic heterocycles. The molecule has 1 atom stereocenters. The summed E-state index contributed by atoms with van der Waals surface area (Å²) in [5.74, 6) is -1.66. The first kappa shape index (κ1) is 12.6. The van der Waals surface area contributed by atoms with Crippen LogP contribution in [-0.2, 0) is 0 Å². The van der Waals surface area contributed by atoms with Gasteiger partial charge in [0.2, 0.25) is 0 Å². The van der Waals surface area contributed by atoms with Crippen LogP contribution < -0.4 is 5.32 Å². The van der Waals surface area contributed by atoms with E-state index in [1.165, 1.54) is 6.07 Å². The highest BCUT2D eigenvalue weighted by Crippen LogP contribution is 2.25. The fourth-order valence-corrected chi connectivity index (χ4v) is 1.91. The molecular weight excluding hydrogens is 232 g/mol. The molecule has 3 heteroatoms. The molecule has 2 aromatic carbocycles. The predicted molar refractivity (Wildman–Crippen MR) is 69.5 cm³/mol. The minimum absolute atomic E-state index is 0.0255. The third-order valence-corrected chi connectivity index (χ3v) is 2.89. The first-order valence-corrected chi connectivity index (χ1v) is 5.98. The van der Waals surface area contributed by atoms with Gasteiger partial charge >= 0.3 is 0 Å². The van der Waals surface area contributed by atoms with Gasteiger partial charge in [-0.3, -0.25) is 0 Å². The molecule has 0 saturated heterocycles. The number of rotatable bonds is 4. The summed E-state index contributed by atoms with van der Waals surface area (Å²) < 4.78 is 26.7. The van der Waals surface area contributed by atoms with E-state index < -0.39 is 11.6 Å². The number of halogens is 2. The fourth-order valence-electron chi connectivity index (χ4n) is 1.91. The first-order chi connectivity index (χ1) is 8.72. The normalized spacial score (nSPS) is 12.2. The summed E-state index contributed by atoms with van der Waals surface area (Å²) in [6.07, 6.45) is 0.792. The van der Waals surface area contributed by atoms with Crippen molar-refractivity contribution in [1.29, 1.82) is 0 Å². The van der Waals surface area contributed by atoms with Gasteiger partial charge in [-0.25, -0.2) is 8.78 Å². The lowest BCUT2D eigenvalue weighted by Crippen LogP contribution is -2.11. The molecule has 0 bridgehead atoms. The molecule has 0 aliphatic rings. The van der Waals surface area contributed by atoms with Crippen molar-refractivity contribution >= 4 is 5.69 Å². The lowest BCUT2D eigenvalue weighted by molar-refractivity contribution is 0.509. The van der Waals surface area contributed by atoms with Crippen LogP contribution in [-0.4, -0.2) is 0 Å². The van der Waals surface area contributed by atoms with Crippen LogP contribution in [0.1, 0.15) is 24.9 Å². The second-order valence-electron chi connectivity index (χ2n) is 4.12. The summed E-state index contributed by atoms with van der Waals surface area (Å²) >= 11 is 0. The Balaban J connectivity index is 2.24. The van der Waals surface area contributed by atoms with E-state index in [1.807, 2.05) is 37.3 Å². The second kappa shape index (κ2) is 5.63. The number of hydrogen-bond donors (Lipinski definition) is 1. The Hall–Kier alpha value is -1.90. The molecule has 1 unspecified atom stereocenters. The minimum atomic E-state index is -0.831. The quantitative estimate of drug-likeness (QED) is 0.837. The van der Waals surface area contributed by atoms with Gasteiger partial charge in [0.05, 0.1) is 11.7 Å². The maximum Gasteiger partial charge on any atom is 0.181 e. The van der Waals surface area contributed by atoms with Crippen molar-refractivity contribution in [3.63, 3.8) is 0 Å². The lowest BCUT2D eigenvalue weighted by atomic mass is 10.0. The standard InChI is InChI=1S/C15H15F2N/c1-2-13(11-7-4-3-5-8-11)18-14-10-6-9-12(16)15(14)17/h3-10,13,18H,2H2,1H3. The molecule has 0 amide bonds. The summed E-state index contributed by atoms with van der Waals surface area (Å²) in [4.78, 5) is 0. The van der Waals surface area contributed by atoms with Crippen LogP contribution in [0.4, 0.5) is 14.5 Å². The topological polar surface area (TPSA) is 12.0 Å². The van der Waals surface area contributed by atoms with Crippen molar-refractivity contribution in [3.05, 3.63) is 65.7 Å². The van der Waals surface area contributed by atoms with Crippen molar-refractivity contribution in [1.82, 2.24) is 0 Å². The van der Waals surface area contributed by atoms with E-state index >= 15 is 0 Å². The Morgan fingerprint density at radius 2 is 1.72 bits per heavy atom. The van der Waals surface area contributed by atoms with Gasteiger partial charge in [0.15, 0.2) is 11.6 Å². The number of nitrogens with one attached hydrogen (secondary N) is 1. The molecule has 94 valence electrons. The summed E-state index contributed by atoms with van der Waals surface area (Å²) in [6.45, 7) is 2.00. The van der Waals surface area contributed by atoms with E-state index in [1.54, 1.807) is 6.07 Å². The highest BCUT2D eigenvalue weighted by molar-refractivity contribution is 5.47. The zero-order valence-corrected chi connectivity index (χ0v) is 10.2. The molecule has 2 rings (SSSR count). The zero-order valence-electron chi connectivity index (χ0n) is 10.2. The molecule has 18 heavy (non-hydrogen) atoms. The summed E-state index contributed by atoms with van der Waals surface area (Å²) in [6, 6.07) is 13.9. The van der Waals surface area contributed by atoms with E-state index in [-0.39, 0.29) is 11.7 Å². The van der Waals surface area contributed by atoms with Crippen molar-refractivity contribution < 1.29 is 8.78 Å². The smallest absolute Gasteiger partial charge is 0.181 e. The van der Waals surface area contributed by atoms with Crippen LogP contribution in [0.2, 0.25) is 0 Å². The average molecular weight is 247 g/mol. The van der Waals surface area contributed by atoms with Gasteiger partial charge in [-0.2, -0.15) is 0 Å². The molecule has 0 radical (unpaired) electrons.